The summed E-state index contributed by atoms with van der Waals surface area (Å²) in [6.07, 6.45) is 0.731. The molecule has 1 aliphatic heterocycles. The fourth-order valence-corrected chi connectivity index (χ4v) is 5.61. The predicted molar refractivity (Wildman–Crippen MR) is 140 cm³/mol. The summed E-state index contributed by atoms with van der Waals surface area (Å²) in [5.74, 6) is 7.30. The van der Waals surface area contributed by atoms with E-state index in [0.717, 1.165) is 18.2 Å². The zero-order valence-electron chi connectivity index (χ0n) is 21.9. The zero-order valence-corrected chi connectivity index (χ0v) is 22.7. The maximum atomic E-state index is 13.4. The number of sulfone groups is 1. The largest absolute Gasteiger partial charge is 0.494 e. The molecule has 2 aromatic carbocycles. The van der Waals surface area contributed by atoms with Gasteiger partial charge in [0.25, 0.3) is 0 Å². The topological polar surface area (TPSA) is 116 Å². The summed E-state index contributed by atoms with van der Waals surface area (Å²) in [6.45, 7) is 2.91. The minimum absolute atomic E-state index is 0.0214. The molecule has 3 rings (SSSR count). The van der Waals surface area contributed by atoms with Crippen LogP contribution in [0.1, 0.15) is 37.0 Å². The highest BCUT2D eigenvalue weighted by Gasteiger charge is 2.56. The van der Waals surface area contributed by atoms with Crippen molar-refractivity contribution in [2.24, 2.45) is 5.73 Å². The van der Waals surface area contributed by atoms with Gasteiger partial charge in [-0.05, 0) is 36.2 Å². The van der Waals surface area contributed by atoms with Crippen LogP contribution in [-0.2, 0) is 24.2 Å². The van der Waals surface area contributed by atoms with Crippen LogP contribution in [0.3, 0.4) is 0 Å². The molecule has 37 heavy (non-hydrogen) atoms. The maximum Gasteiger partial charge on any atom is 0.203 e. The second-order valence-corrected chi connectivity index (χ2v) is 10.7. The molecule has 3 unspecified atom stereocenters. The summed E-state index contributed by atoms with van der Waals surface area (Å²) in [5.41, 5.74) is 6.56. The molecule has 3 atom stereocenters. The molecule has 202 valence electrons. The van der Waals surface area contributed by atoms with Crippen molar-refractivity contribution in [1.82, 2.24) is 0 Å². The van der Waals surface area contributed by atoms with Crippen LogP contribution in [-0.4, -0.2) is 61.9 Å². The third kappa shape index (κ3) is 6.13. The van der Waals surface area contributed by atoms with Gasteiger partial charge in [-0.3, -0.25) is 0 Å². The molecule has 1 fully saturated rings. The second-order valence-electron chi connectivity index (χ2n) is 8.51. The highest BCUT2D eigenvalue weighted by Crippen LogP contribution is 2.53. The van der Waals surface area contributed by atoms with Crippen molar-refractivity contribution in [3.05, 3.63) is 47.5 Å². The van der Waals surface area contributed by atoms with E-state index in [9.17, 15) is 8.42 Å². The van der Waals surface area contributed by atoms with Crippen molar-refractivity contribution < 1.29 is 36.8 Å². The molecule has 9 nitrogen and oxygen atoms in total. The van der Waals surface area contributed by atoms with E-state index < -0.39 is 27.0 Å². The van der Waals surface area contributed by atoms with Crippen LogP contribution in [0, 0.1) is 11.8 Å². The third-order valence-electron chi connectivity index (χ3n) is 6.11. The number of benzene rings is 2. The third-order valence-corrected chi connectivity index (χ3v) is 7.80. The van der Waals surface area contributed by atoms with Gasteiger partial charge in [0.1, 0.15) is 18.5 Å². The van der Waals surface area contributed by atoms with E-state index in [0.29, 0.717) is 35.2 Å². The lowest BCUT2D eigenvalue weighted by Crippen LogP contribution is -2.35. The molecule has 0 amide bonds. The van der Waals surface area contributed by atoms with Gasteiger partial charge < -0.3 is 34.2 Å². The lowest BCUT2D eigenvalue weighted by molar-refractivity contribution is -0.0290. The number of nitrogens with two attached hydrogens (primary N) is 1. The van der Waals surface area contributed by atoms with Crippen LogP contribution < -0.4 is 24.7 Å². The summed E-state index contributed by atoms with van der Waals surface area (Å²) >= 11 is 0. The Bertz CT molecular complexity index is 1190. The fraction of sp³-hybridized carbons (Fsp3) is 0.481. The van der Waals surface area contributed by atoms with Crippen LogP contribution in [0.5, 0.6) is 23.0 Å². The molecule has 0 radical (unpaired) electrons. The minimum atomic E-state index is -3.85. The number of hydrogen-bond acceptors (Lipinski definition) is 9. The Balaban J connectivity index is 2.11. The SMILES string of the molecule is CCCOc1ccc(C2OC(c3cc(OC)c(OC)c(OC)c3)(S(C)(=O)=O)CC2OCC#CCN)cc1. The fourth-order valence-electron chi connectivity index (χ4n) is 4.32. The van der Waals surface area contributed by atoms with Crippen LogP contribution in [0.15, 0.2) is 36.4 Å². The molecule has 0 aliphatic carbocycles. The summed E-state index contributed by atoms with van der Waals surface area (Å²) in [4.78, 5) is -1.74. The van der Waals surface area contributed by atoms with E-state index in [2.05, 4.69) is 11.8 Å². The highest BCUT2D eigenvalue weighted by molar-refractivity contribution is 7.91. The molecular formula is C27H35NO8S. The van der Waals surface area contributed by atoms with Gasteiger partial charge in [0, 0.05) is 18.2 Å². The normalized spacial score (nSPS) is 21.1. The van der Waals surface area contributed by atoms with Gasteiger partial charge in [0.2, 0.25) is 5.75 Å². The van der Waals surface area contributed by atoms with Gasteiger partial charge >= 0.3 is 0 Å². The number of rotatable bonds is 11. The van der Waals surface area contributed by atoms with Gasteiger partial charge in [-0.2, -0.15) is 0 Å². The average Bonchev–Trinajstić information content (AvgIpc) is 3.30. The molecular weight excluding hydrogens is 498 g/mol. The van der Waals surface area contributed by atoms with Crippen molar-refractivity contribution in [3.8, 4) is 34.8 Å². The van der Waals surface area contributed by atoms with E-state index >= 15 is 0 Å². The van der Waals surface area contributed by atoms with E-state index in [1.807, 2.05) is 31.2 Å². The van der Waals surface area contributed by atoms with Gasteiger partial charge in [0.15, 0.2) is 26.3 Å². The minimum Gasteiger partial charge on any atom is -0.494 e. The maximum absolute atomic E-state index is 13.4. The molecule has 2 N–H and O–H groups in total. The molecule has 1 heterocycles. The average molecular weight is 534 g/mol. The lowest BCUT2D eigenvalue weighted by Gasteiger charge is -2.29. The molecule has 10 heteroatoms. The van der Waals surface area contributed by atoms with Crippen molar-refractivity contribution in [3.63, 3.8) is 0 Å². The monoisotopic (exact) mass is 533 g/mol. The Labute approximate surface area is 219 Å². The summed E-state index contributed by atoms with van der Waals surface area (Å²) < 4.78 is 61.4. The molecule has 2 aromatic rings. The molecule has 0 aromatic heterocycles. The predicted octanol–water partition coefficient (Wildman–Crippen LogP) is 3.21. The van der Waals surface area contributed by atoms with Gasteiger partial charge in [-0.15, -0.1) is 0 Å². The van der Waals surface area contributed by atoms with E-state index in [4.69, 9.17) is 34.2 Å². The number of hydrogen-bond donors (Lipinski definition) is 1. The first-order valence-electron chi connectivity index (χ1n) is 11.9. The van der Waals surface area contributed by atoms with E-state index in [-0.39, 0.29) is 19.6 Å². The van der Waals surface area contributed by atoms with Crippen LogP contribution in [0.25, 0.3) is 0 Å². The lowest BCUT2D eigenvalue weighted by atomic mass is 9.99. The number of ether oxygens (including phenoxy) is 6. The standard InChI is InChI=1S/C27H35NO8S/c1-6-14-34-21-11-9-19(10-12-21)25-24(35-15-8-7-13-28)18-27(36-25,37(5,29)30)20-16-22(31-2)26(33-4)23(17-20)32-3/h9-12,16-17,24-25H,6,13-15,18,28H2,1-5H3. The highest BCUT2D eigenvalue weighted by atomic mass is 32.2. The molecule has 1 saturated heterocycles. The Morgan fingerprint density at radius 2 is 1.70 bits per heavy atom. The van der Waals surface area contributed by atoms with E-state index in [1.165, 1.54) is 21.3 Å². The molecule has 0 bridgehead atoms. The molecule has 1 aliphatic rings. The smallest absolute Gasteiger partial charge is 0.203 e. The summed E-state index contributed by atoms with van der Waals surface area (Å²) in [7, 11) is 0.568. The number of methoxy groups -OCH3 is 3. The first-order chi connectivity index (χ1) is 17.7. The van der Waals surface area contributed by atoms with Gasteiger partial charge in [-0.1, -0.05) is 30.9 Å². The molecule has 0 spiro atoms. The van der Waals surface area contributed by atoms with Crippen molar-refractivity contribution >= 4 is 9.84 Å². The zero-order chi connectivity index (χ0) is 27.1. The summed E-state index contributed by atoms with van der Waals surface area (Å²) in [5, 5.41) is 0. The Kier molecular flexibility index (Phi) is 9.68. The Hall–Kier alpha value is -2.97. The molecule has 0 saturated carbocycles. The van der Waals surface area contributed by atoms with Gasteiger partial charge in [-0.25, -0.2) is 8.42 Å². The van der Waals surface area contributed by atoms with Crippen LogP contribution >= 0.6 is 0 Å². The van der Waals surface area contributed by atoms with Crippen LogP contribution in [0.4, 0.5) is 0 Å². The van der Waals surface area contributed by atoms with Crippen LogP contribution in [0.2, 0.25) is 0 Å². The van der Waals surface area contributed by atoms with Crippen molar-refractivity contribution in [2.45, 2.75) is 36.9 Å². The van der Waals surface area contributed by atoms with Crippen molar-refractivity contribution in [1.29, 1.82) is 0 Å². The quantitative estimate of drug-likeness (QED) is 0.435. The van der Waals surface area contributed by atoms with Gasteiger partial charge in [0.05, 0.1) is 40.6 Å². The Morgan fingerprint density at radius 1 is 1.05 bits per heavy atom. The summed E-state index contributed by atoms with van der Waals surface area (Å²) in [6, 6.07) is 10.6. The van der Waals surface area contributed by atoms with Crippen molar-refractivity contribution in [2.75, 3.05) is 47.3 Å². The first kappa shape index (κ1) is 28.6. The first-order valence-corrected chi connectivity index (χ1v) is 13.8. The van der Waals surface area contributed by atoms with E-state index in [1.54, 1.807) is 12.1 Å². The Morgan fingerprint density at radius 3 is 2.22 bits per heavy atom. The second kappa shape index (κ2) is 12.5.